The molecule has 27 heavy (non-hydrogen) atoms. The third kappa shape index (κ3) is 3.78. The van der Waals surface area contributed by atoms with Crippen molar-refractivity contribution in [3.05, 3.63) is 65.9 Å². The van der Waals surface area contributed by atoms with Crippen LogP contribution in [0.25, 0.3) is 5.65 Å². The molecule has 4 rings (SSSR count). The number of fused-ring (bicyclic) bond motifs is 1. The number of carbonyl (C=O) groups is 1. The Morgan fingerprint density at radius 3 is 3.00 bits per heavy atom. The molecular formula is C20H20FN3O3. The molecule has 2 atom stereocenters. The van der Waals surface area contributed by atoms with Gasteiger partial charge in [0.1, 0.15) is 29.0 Å². The van der Waals surface area contributed by atoms with E-state index in [1.165, 1.54) is 12.1 Å². The highest BCUT2D eigenvalue weighted by Crippen LogP contribution is 2.19. The highest BCUT2D eigenvalue weighted by molar-refractivity contribution is 5.93. The van der Waals surface area contributed by atoms with Crippen LogP contribution < -0.4 is 10.1 Å². The molecule has 2 unspecified atom stereocenters. The molecule has 1 saturated heterocycles. The molecular weight excluding hydrogens is 349 g/mol. The number of nitrogens with zero attached hydrogens (tertiary/aromatic N) is 2. The van der Waals surface area contributed by atoms with Crippen LogP contribution in [0, 0.1) is 12.7 Å². The second-order valence-electron chi connectivity index (χ2n) is 6.58. The molecule has 7 heteroatoms. The summed E-state index contributed by atoms with van der Waals surface area (Å²) >= 11 is 0. The van der Waals surface area contributed by atoms with Crippen molar-refractivity contribution >= 4 is 11.6 Å². The van der Waals surface area contributed by atoms with Gasteiger partial charge in [-0.15, -0.1) is 0 Å². The maximum atomic E-state index is 13.4. The number of nitrogens with one attached hydrogen (secondary N) is 1. The van der Waals surface area contributed by atoms with Gasteiger partial charge in [-0.1, -0.05) is 12.1 Å². The second-order valence-corrected chi connectivity index (χ2v) is 6.58. The first-order chi connectivity index (χ1) is 13.1. The van der Waals surface area contributed by atoms with Gasteiger partial charge >= 0.3 is 0 Å². The van der Waals surface area contributed by atoms with Gasteiger partial charge in [-0.05, 0) is 37.6 Å². The minimum Gasteiger partial charge on any atom is -0.486 e. The number of amides is 1. The maximum Gasteiger partial charge on any atom is 0.271 e. The quantitative estimate of drug-likeness (QED) is 0.768. The molecule has 1 aliphatic heterocycles. The van der Waals surface area contributed by atoms with Crippen molar-refractivity contribution < 1.29 is 18.7 Å². The highest BCUT2D eigenvalue weighted by atomic mass is 19.1. The largest absolute Gasteiger partial charge is 0.486 e. The van der Waals surface area contributed by atoms with Crippen LogP contribution in [0.4, 0.5) is 4.39 Å². The summed E-state index contributed by atoms with van der Waals surface area (Å²) in [5.41, 5.74) is 2.07. The lowest BCUT2D eigenvalue weighted by Gasteiger charge is -2.32. The number of rotatable bonds is 4. The number of benzene rings is 1. The second kappa shape index (κ2) is 7.36. The normalized spacial score (nSPS) is 19.8. The number of hydrogen-bond acceptors (Lipinski definition) is 4. The van der Waals surface area contributed by atoms with E-state index in [2.05, 4.69) is 10.3 Å². The van der Waals surface area contributed by atoms with Crippen molar-refractivity contribution in [3.8, 4) is 5.75 Å². The van der Waals surface area contributed by atoms with E-state index in [9.17, 15) is 9.18 Å². The maximum absolute atomic E-state index is 13.4. The van der Waals surface area contributed by atoms with Gasteiger partial charge in [0.05, 0.1) is 12.6 Å². The van der Waals surface area contributed by atoms with Gasteiger partial charge in [0.2, 0.25) is 0 Å². The first kappa shape index (κ1) is 17.5. The fourth-order valence-electron chi connectivity index (χ4n) is 3.21. The van der Waals surface area contributed by atoms with Crippen LogP contribution in [0.3, 0.4) is 0 Å². The van der Waals surface area contributed by atoms with Crippen LogP contribution in [0.1, 0.15) is 22.6 Å². The lowest BCUT2D eigenvalue weighted by atomic mass is 10.1. The van der Waals surface area contributed by atoms with Crippen LogP contribution in [0.2, 0.25) is 0 Å². The molecule has 0 aliphatic carbocycles. The Morgan fingerprint density at radius 2 is 2.19 bits per heavy atom. The third-order valence-electron chi connectivity index (χ3n) is 4.63. The first-order valence-corrected chi connectivity index (χ1v) is 8.86. The summed E-state index contributed by atoms with van der Waals surface area (Å²) in [7, 11) is 0. The van der Waals surface area contributed by atoms with E-state index in [4.69, 9.17) is 9.47 Å². The van der Waals surface area contributed by atoms with Crippen LogP contribution in [0.5, 0.6) is 5.75 Å². The van der Waals surface area contributed by atoms with Crippen molar-refractivity contribution in [1.29, 1.82) is 0 Å². The van der Waals surface area contributed by atoms with Crippen molar-refractivity contribution in [3.63, 3.8) is 0 Å². The summed E-state index contributed by atoms with van der Waals surface area (Å²) in [5, 5.41) is 2.99. The highest BCUT2D eigenvalue weighted by Gasteiger charge is 2.30. The van der Waals surface area contributed by atoms with E-state index in [1.54, 1.807) is 18.3 Å². The van der Waals surface area contributed by atoms with Gasteiger partial charge in [-0.25, -0.2) is 9.37 Å². The lowest BCUT2D eigenvalue weighted by Crippen LogP contribution is -2.51. The minimum absolute atomic E-state index is 0.250. The summed E-state index contributed by atoms with van der Waals surface area (Å²) in [6.07, 6.45) is 1.93. The van der Waals surface area contributed by atoms with Gasteiger partial charge in [-0.3, -0.25) is 4.79 Å². The van der Waals surface area contributed by atoms with Crippen molar-refractivity contribution in [2.45, 2.75) is 25.5 Å². The van der Waals surface area contributed by atoms with Gasteiger partial charge in [-0.2, -0.15) is 0 Å². The van der Waals surface area contributed by atoms with Gasteiger partial charge in [0.15, 0.2) is 0 Å². The Bertz CT molecular complexity index is 972. The number of aryl methyl sites for hydroxylation is 1. The molecule has 1 amide bonds. The zero-order chi connectivity index (χ0) is 18.8. The predicted octanol–water partition coefficient (Wildman–Crippen LogP) is 2.75. The average Bonchev–Trinajstić information content (AvgIpc) is 3.09. The summed E-state index contributed by atoms with van der Waals surface area (Å²) in [6, 6.07) is 11.4. The molecule has 2 aromatic heterocycles. The SMILES string of the molecule is Cc1cccc2nc(C(=O)NC3CCOCC3Oc3cccc(F)c3)cn12. The number of imidazole rings is 1. The number of carbonyl (C=O) groups excluding carboxylic acids is 1. The van der Waals surface area contributed by atoms with E-state index in [0.717, 1.165) is 11.3 Å². The van der Waals surface area contributed by atoms with Crippen molar-refractivity contribution in [2.24, 2.45) is 0 Å². The molecule has 3 heterocycles. The smallest absolute Gasteiger partial charge is 0.271 e. The van der Waals surface area contributed by atoms with E-state index in [-0.39, 0.29) is 17.8 Å². The third-order valence-corrected chi connectivity index (χ3v) is 4.63. The number of ether oxygens (including phenoxy) is 2. The van der Waals surface area contributed by atoms with E-state index < -0.39 is 6.10 Å². The fraction of sp³-hybridized carbons (Fsp3) is 0.300. The van der Waals surface area contributed by atoms with Crippen molar-refractivity contribution in [1.82, 2.24) is 14.7 Å². The van der Waals surface area contributed by atoms with E-state index in [1.807, 2.05) is 29.5 Å². The Balaban J connectivity index is 1.50. The Labute approximate surface area is 155 Å². The molecule has 0 bridgehead atoms. The van der Waals surface area contributed by atoms with Crippen LogP contribution >= 0.6 is 0 Å². The molecule has 6 nitrogen and oxygen atoms in total. The summed E-state index contributed by atoms with van der Waals surface area (Å²) in [4.78, 5) is 17.1. The molecule has 3 aromatic rings. The zero-order valence-electron chi connectivity index (χ0n) is 14.9. The monoisotopic (exact) mass is 369 g/mol. The lowest BCUT2D eigenvalue weighted by molar-refractivity contribution is -0.0136. The van der Waals surface area contributed by atoms with Crippen LogP contribution in [-0.4, -0.2) is 40.7 Å². The first-order valence-electron chi connectivity index (χ1n) is 8.86. The Kier molecular flexibility index (Phi) is 4.77. The fourth-order valence-corrected chi connectivity index (χ4v) is 3.21. The molecule has 0 spiro atoms. The van der Waals surface area contributed by atoms with Crippen molar-refractivity contribution in [2.75, 3.05) is 13.2 Å². The zero-order valence-corrected chi connectivity index (χ0v) is 14.9. The number of pyridine rings is 1. The number of halogens is 1. The van der Waals surface area contributed by atoms with Gasteiger partial charge in [0, 0.05) is 24.6 Å². The van der Waals surface area contributed by atoms with Gasteiger partial charge < -0.3 is 19.2 Å². The van der Waals surface area contributed by atoms with E-state index in [0.29, 0.717) is 31.1 Å². The standard InChI is InChI=1S/C20H20FN3O3/c1-13-4-2-7-19-22-17(11-24(13)19)20(25)23-16-8-9-26-12-18(16)27-15-6-3-5-14(21)10-15/h2-7,10-11,16,18H,8-9,12H2,1H3,(H,23,25). The number of hydrogen-bond donors (Lipinski definition) is 1. The van der Waals surface area contributed by atoms with Crippen LogP contribution in [-0.2, 0) is 4.74 Å². The Hall–Kier alpha value is -2.93. The molecule has 1 N–H and O–H groups in total. The topological polar surface area (TPSA) is 64.9 Å². The van der Waals surface area contributed by atoms with Crippen LogP contribution in [0.15, 0.2) is 48.7 Å². The van der Waals surface area contributed by atoms with E-state index >= 15 is 0 Å². The Morgan fingerprint density at radius 1 is 1.33 bits per heavy atom. The number of aromatic nitrogens is 2. The summed E-state index contributed by atoms with van der Waals surface area (Å²) in [5.74, 6) is -0.226. The molecule has 140 valence electrons. The van der Waals surface area contributed by atoms with Gasteiger partial charge in [0.25, 0.3) is 5.91 Å². The molecule has 1 aliphatic rings. The molecule has 0 radical (unpaired) electrons. The molecule has 1 fully saturated rings. The molecule has 0 saturated carbocycles. The summed E-state index contributed by atoms with van der Waals surface area (Å²) in [6.45, 7) is 2.81. The predicted molar refractivity (Wildman–Crippen MR) is 97.4 cm³/mol. The summed E-state index contributed by atoms with van der Waals surface area (Å²) < 4.78 is 26.6. The average molecular weight is 369 g/mol. The molecule has 1 aromatic carbocycles. The minimum atomic E-state index is -0.400.